The highest BCUT2D eigenvalue weighted by Gasteiger charge is 2.23. The van der Waals surface area contributed by atoms with Crippen molar-refractivity contribution in [1.29, 1.82) is 0 Å². The molecule has 0 saturated carbocycles. The van der Waals surface area contributed by atoms with Crippen molar-refractivity contribution in [2.24, 2.45) is 0 Å². The zero-order chi connectivity index (χ0) is 12.1. The van der Waals surface area contributed by atoms with Crippen molar-refractivity contribution in [2.45, 2.75) is 18.9 Å². The van der Waals surface area contributed by atoms with Crippen LogP contribution in [0.4, 0.5) is 10.7 Å². The van der Waals surface area contributed by atoms with Crippen molar-refractivity contribution >= 4 is 12.0 Å². The number of rotatable bonds is 2. The number of carbonyl (C=O) groups is 1. The Kier molecular flexibility index (Phi) is 3.74. The van der Waals surface area contributed by atoms with Crippen LogP contribution in [-0.4, -0.2) is 47.2 Å². The maximum absolute atomic E-state index is 11.3. The van der Waals surface area contributed by atoms with Crippen LogP contribution in [0.15, 0.2) is 18.5 Å². The highest BCUT2D eigenvalue weighted by molar-refractivity contribution is 5.67. The lowest BCUT2D eigenvalue weighted by Gasteiger charge is -2.31. The minimum absolute atomic E-state index is 0.251. The van der Waals surface area contributed by atoms with Crippen LogP contribution in [0.2, 0.25) is 0 Å². The molecular weight excluding hydrogens is 220 g/mol. The number of methoxy groups -OCH3 is 1. The molecule has 1 amide bonds. The first-order chi connectivity index (χ1) is 8.29. The summed E-state index contributed by atoms with van der Waals surface area (Å²) in [5.74, 6) is 0.643. The molecule has 17 heavy (non-hydrogen) atoms. The molecule has 2 heterocycles. The van der Waals surface area contributed by atoms with E-state index in [0.29, 0.717) is 25.1 Å². The highest BCUT2D eigenvalue weighted by Crippen LogP contribution is 2.14. The summed E-state index contributed by atoms with van der Waals surface area (Å²) >= 11 is 0. The smallest absolute Gasteiger partial charge is 0.409 e. The summed E-state index contributed by atoms with van der Waals surface area (Å²) in [5.41, 5.74) is 0. The van der Waals surface area contributed by atoms with Crippen molar-refractivity contribution in [3.8, 4) is 0 Å². The Morgan fingerprint density at radius 2 is 2.06 bits per heavy atom. The van der Waals surface area contributed by atoms with Crippen LogP contribution in [0.3, 0.4) is 0 Å². The van der Waals surface area contributed by atoms with Gasteiger partial charge in [-0.1, -0.05) is 0 Å². The molecule has 0 spiro atoms. The van der Waals surface area contributed by atoms with Crippen molar-refractivity contribution in [3.05, 3.63) is 18.5 Å². The number of hydrogen-bond donors (Lipinski definition) is 1. The molecule has 0 unspecified atom stereocenters. The Labute approximate surface area is 100 Å². The lowest BCUT2D eigenvalue weighted by molar-refractivity contribution is 0.113. The van der Waals surface area contributed by atoms with Crippen LogP contribution in [0.1, 0.15) is 12.8 Å². The first-order valence-corrected chi connectivity index (χ1v) is 5.66. The Hall–Kier alpha value is -1.85. The first kappa shape index (κ1) is 11.6. The summed E-state index contributed by atoms with van der Waals surface area (Å²) in [7, 11) is 1.41. The van der Waals surface area contributed by atoms with Gasteiger partial charge in [0.15, 0.2) is 0 Å². The molecule has 0 radical (unpaired) electrons. The molecule has 1 saturated heterocycles. The number of ether oxygens (including phenoxy) is 1. The van der Waals surface area contributed by atoms with Gasteiger partial charge in [-0.3, -0.25) is 0 Å². The van der Waals surface area contributed by atoms with Crippen LogP contribution in [0.25, 0.3) is 0 Å². The number of amides is 1. The van der Waals surface area contributed by atoms with Crippen LogP contribution in [0, 0.1) is 0 Å². The monoisotopic (exact) mass is 236 g/mol. The molecule has 1 aromatic heterocycles. The zero-order valence-electron chi connectivity index (χ0n) is 9.80. The van der Waals surface area contributed by atoms with E-state index in [-0.39, 0.29) is 6.09 Å². The van der Waals surface area contributed by atoms with Crippen molar-refractivity contribution in [2.75, 3.05) is 25.5 Å². The van der Waals surface area contributed by atoms with Crippen LogP contribution < -0.4 is 5.32 Å². The van der Waals surface area contributed by atoms with E-state index in [0.717, 1.165) is 12.8 Å². The van der Waals surface area contributed by atoms with Gasteiger partial charge in [0.05, 0.1) is 7.11 Å². The molecule has 1 aromatic rings. The van der Waals surface area contributed by atoms with E-state index in [1.807, 2.05) is 0 Å². The van der Waals surface area contributed by atoms with Gasteiger partial charge in [-0.25, -0.2) is 14.8 Å². The van der Waals surface area contributed by atoms with Gasteiger partial charge < -0.3 is 15.0 Å². The third-order valence-electron chi connectivity index (χ3n) is 2.83. The number of piperidine rings is 1. The summed E-state index contributed by atoms with van der Waals surface area (Å²) in [4.78, 5) is 21.2. The molecule has 1 N–H and O–H groups in total. The topological polar surface area (TPSA) is 67.3 Å². The lowest BCUT2D eigenvalue weighted by Crippen LogP contribution is -2.42. The maximum atomic E-state index is 11.3. The third kappa shape index (κ3) is 3.05. The fourth-order valence-electron chi connectivity index (χ4n) is 1.89. The number of carbonyl (C=O) groups excluding carboxylic acids is 1. The standard InChI is InChI=1S/C11H16N4O2/c1-17-11(16)15-7-3-9(4-8-15)14-10-12-5-2-6-13-10/h2,5-6,9H,3-4,7-8H2,1H3,(H,12,13,14). The molecular formula is C11H16N4O2. The van der Waals surface area contributed by atoms with E-state index in [1.165, 1.54) is 7.11 Å². The first-order valence-electron chi connectivity index (χ1n) is 5.66. The fraction of sp³-hybridized carbons (Fsp3) is 0.545. The molecule has 6 heteroatoms. The number of aromatic nitrogens is 2. The molecule has 1 aliphatic rings. The van der Waals surface area contributed by atoms with Gasteiger partial charge in [-0.2, -0.15) is 0 Å². The van der Waals surface area contributed by atoms with E-state index in [9.17, 15) is 4.79 Å². The Balaban J connectivity index is 1.82. The Morgan fingerprint density at radius 3 is 2.65 bits per heavy atom. The average Bonchev–Trinajstić information content (AvgIpc) is 2.40. The number of hydrogen-bond acceptors (Lipinski definition) is 5. The Morgan fingerprint density at radius 1 is 1.41 bits per heavy atom. The van der Waals surface area contributed by atoms with Gasteiger partial charge in [-0.15, -0.1) is 0 Å². The summed E-state index contributed by atoms with van der Waals surface area (Å²) in [6.07, 6.45) is 4.93. The van der Waals surface area contributed by atoms with Gasteiger partial charge in [0.1, 0.15) is 0 Å². The van der Waals surface area contributed by atoms with Gasteiger partial charge in [0, 0.05) is 31.5 Å². The van der Waals surface area contributed by atoms with E-state index in [1.54, 1.807) is 23.4 Å². The average molecular weight is 236 g/mol. The molecule has 6 nitrogen and oxygen atoms in total. The molecule has 0 aromatic carbocycles. The molecule has 1 aliphatic heterocycles. The number of nitrogens with one attached hydrogen (secondary N) is 1. The van der Waals surface area contributed by atoms with Gasteiger partial charge in [-0.05, 0) is 18.9 Å². The van der Waals surface area contributed by atoms with Gasteiger partial charge >= 0.3 is 6.09 Å². The van der Waals surface area contributed by atoms with Crippen LogP contribution >= 0.6 is 0 Å². The molecule has 2 rings (SSSR count). The molecule has 92 valence electrons. The summed E-state index contributed by atoms with van der Waals surface area (Å²) in [5, 5.41) is 3.26. The normalized spacial score (nSPS) is 16.6. The largest absolute Gasteiger partial charge is 0.453 e. The predicted octanol–water partition coefficient (Wildman–Crippen LogP) is 1.12. The third-order valence-corrected chi connectivity index (χ3v) is 2.83. The van der Waals surface area contributed by atoms with E-state index >= 15 is 0 Å². The van der Waals surface area contributed by atoms with Gasteiger partial charge in [0.25, 0.3) is 0 Å². The van der Waals surface area contributed by atoms with E-state index in [4.69, 9.17) is 0 Å². The zero-order valence-corrected chi connectivity index (χ0v) is 9.80. The number of nitrogens with zero attached hydrogens (tertiary/aromatic N) is 3. The molecule has 0 atom stereocenters. The molecule has 1 fully saturated rings. The number of anilines is 1. The quantitative estimate of drug-likeness (QED) is 0.833. The second-order valence-electron chi connectivity index (χ2n) is 3.95. The fourth-order valence-corrected chi connectivity index (χ4v) is 1.89. The second-order valence-corrected chi connectivity index (χ2v) is 3.95. The van der Waals surface area contributed by atoms with E-state index in [2.05, 4.69) is 20.0 Å². The maximum Gasteiger partial charge on any atom is 0.409 e. The Bertz CT molecular complexity index is 363. The van der Waals surface area contributed by atoms with Crippen molar-refractivity contribution < 1.29 is 9.53 Å². The molecule has 0 aliphatic carbocycles. The predicted molar refractivity (Wildman–Crippen MR) is 62.7 cm³/mol. The lowest BCUT2D eigenvalue weighted by atomic mass is 10.1. The van der Waals surface area contributed by atoms with Crippen LogP contribution in [0.5, 0.6) is 0 Å². The minimum atomic E-state index is -0.251. The number of likely N-dealkylation sites (tertiary alicyclic amines) is 1. The minimum Gasteiger partial charge on any atom is -0.453 e. The summed E-state index contributed by atoms with van der Waals surface area (Å²) < 4.78 is 4.69. The van der Waals surface area contributed by atoms with E-state index < -0.39 is 0 Å². The highest BCUT2D eigenvalue weighted by atomic mass is 16.5. The van der Waals surface area contributed by atoms with Crippen molar-refractivity contribution in [3.63, 3.8) is 0 Å². The summed E-state index contributed by atoms with van der Waals surface area (Å²) in [6.45, 7) is 1.41. The van der Waals surface area contributed by atoms with Gasteiger partial charge in [0.2, 0.25) is 5.95 Å². The van der Waals surface area contributed by atoms with Crippen molar-refractivity contribution in [1.82, 2.24) is 14.9 Å². The molecule has 0 bridgehead atoms. The van der Waals surface area contributed by atoms with Crippen LogP contribution in [-0.2, 0) is 4.74 Å². The second kappa shape index (κ2) is 5.47. The SMILES string of the molecule is COC(=O)N1CCC(Nc2ncccn2)CC1. The summed E-state index contributed by atoms with van der Waals surface area (Å²) in [6, 6.07) is 2.10.